The van der Waals surface area contributed by atoms with E-state index in [0.29, 0.717) is 6.61 Å². The van der Waals surface area contributed by atoms with E-state index in [2.05, 4.69) is 29.3 Å². The monoisotopic (exact) mass is 323 g/mol. The van der Waals surface area contributed by atoms with E-state index in [4.69, 9.17) is 9.47 Å². The quantitative estimate of drug-likeness (QED) is 0.588. The number of fused-ring (bicyclic) bond motifs is 1. The zero-order chi connectivity index (χ0) is 16.8. The van der Waals surface area contributed by atoms with Gasteiger partial charge in [-0.3, -0.25) is 4.79 Å². The van der Waals surface area contributed by atoms with Crippen molar-refractivity contribution in [3.63, 3.8) is 0 Å². The van der Waals surface area contributed by atoms with Crippen LogP contribution in [0.3, 0.4) is 0 Å². The zero-order valence-corrected chi connectivity index (χ0v) is 13.8. The van der Waals surface area contributed by atoms with Gasteiger partial charge in [-0.15, -0.1) is 0 Å². The van der Waals surface area contributed by atoms with Gasteiger partial charge in [0.1, 0.15) is 0 Å². The molecule has 0 saturated heterocycles. The lowest BCUT2D eigenvalue weighted by Gasteiger charge is -2.22. The van der Waals surface area contributed by atoms with Crippen LogP contribution < -0.4 is 0 Å². The molecule has 2 aromatic rings. The highest BCUT2D eigenvalue weighted by atomic mass is 16.7. The number of carbonyl (C=O) groups is 1. The van der Waals surface area contributed by atoms with Crippen LogP contribution in [-0.2, 0) is 20.7 Å². The average molecular weight is 323 g/mol. The highest BCUT2D eigenvalue weighted by Gasteiger charge is 2.24. The Kier molecular flexibility index (Phi) is 5.26. The number of aryl methyl sites for hydroxylation is 2. The molecule has 1 aliphatic rings. The van der Waals surface area contributed by atoms with Crippen LogP contribution >= 0.6 is 0 Å². The van der Waals surface area contributed by atoms with Gasteiger partial charge in [-0.1, -0.05) is 42.0 Å². The first-order valence-electron chi connectivity index (χ1n) is 8.24. The van der Waals surface area contributed by atoms with Gasteiger partial charge in [-0.25, -0.2) is 0 Å². The van der Waals surface area contributed by atoms with Crippen molar-refractivity contribution < 1.29 is 14.3 Å². The fraction of sp³-hybridized carbons (Fsp3) is 0.300. The number of nitrogens with zero attached hydrogens (tertiary/aromatic N) is 1. The third-order valence-corrected chi connectivity index (χ3v) is 3.98. The Morgan fingerprint density at radius 2 is 2.00 bits per heavy atom. The van der Waals surface area contributed by atoms with Crippen LogP contribution in [-0.4, -0.2) is 19.0 Å². The number of hydrogen-bond donors (Lipinski definition) is 0. The van der Waals surface area contributed by atoms with Crippen molar-refractivity contribution in [1.82, 2.24) is 0 Å². The minimum absolute atomic E-state index is 0.183. The van der Waals surface area contributed by atoms with Crippen LogP contribution in [0.1, 0.15) is 35.6 Å². The van der Waals surface area contributed by atoms with E-state index in [0.717, 1.165) is 42.4 Å². The van der Waals surface area contributed by atoms with Crippen LogP contribution in [0, 0.1) is 6.92 Å². The predicted octanol–water partition coefficient (Wildman–Crippen LogP) is 4.29. The summed E-state index contributed by atoms with van der Waals surface area (Å²) >= 11 is 0. The SMILES string of the molecule is Cc1ccc2c(c1)C(C=O)OC(OCCCCc1ccccc1)=N2. The number of ether oxygens (including phenoxy) is 2. The molecule has 0 radical (unpaired) electrons. The van der Waals surface area contributed by atoms with Gasteiger partial charge >= 0.3 is 6.08 Å². The second-order valence-corrected chi connectivity index (χ2v) is 5.91. The molecule has 1 aliphatic heterocycles. The second kappa shape index (κ2) is 7.77. The van der Waals surface area contributed by atoms with E-state index in [1.54, 1.807) is 0 Å². The Bertz CT molecular complexity index is 725. The van der Waals surface area contributed by atoms with Gasteiger partial charge in [0, 0.05) is 5.56 Å². The maximum Gasteiger partial charge on any atom is 0.389 e. The van der Waals surface area contributed by atoms with E-state index < -0.39 is 6.10 Å². The average Bonchev–Trinajstić information content (AvgIpc) is 2.62. The van der Waals surface area contributed by atoms with Gasteiger partial charge in [0.25, 0.3) is 0 Å². The molecule has 0 aliphatic carbocycles. The van der Waals surface area contributed by atoms with E-state index in [9.17, 15) is 4.79 Å². The Hall–Kier alpha value is -2.62. The lowest BCUT2D eigenvalue weighted by atomic mass is 10.0. The lowest BCUT2D eigenvalue weighted by molar-refractivity contribution is -0.115. The summed E-state index contributed by atoms with van der Waals surface area (Å²) in [6.07, 6.45) is 3.29. The van der Waals surface area contributed by atoms with Gasteiger partial charge in [0.15, 0.2) is 12.4 Å². The molecular formula is C20H21NO3. The van der Waals surface area contributed by atoms with E-state index in [1.165, 1.54) is 5.56 Å². The molecule has 24 heavy (non-hydrogen) atoms. The maximum absolute atomic E-state index is 11.3. The zero-order valence-electron chi connectivity index (χ0n) is 13.8. The van der Waals surface area contributed by atoms with Crippen LogP contribution in [0.15, 0.2) is 53.5 Å². The number of carbonyl (C=O) groups excluding carboxylic acids is 1. The summed E-state index contributed by atoms with van der Waals surface area (Å²) in [7, 11) is 0. The molecular weight excluding hydrogens is 302 g/mol. The van der Waals surface area contributed by atoms with Gasteiger partial charge < -0.3 is 9.47 Å². The first-order chi connectivity index (χ1) is 11.8. The molecule has 1 heterocycles. The molecule has 0 N–H and O–H groups in total. The normalized spacial score (nSPS) is 15.9. The predicted molar refractivity (Wildman–Crippen MR) is 93.5 cm³/mol. The summed E-state index contributed by atoms with van der Waals surface area (Å²) in [6.45, 7) is 2.50. The molecule has 0 saturated carbocycles. The second-order valence-electron chi connectivity index (χ2n) is 5.91. The molecule has 124 valence electrons. The maximum atomic E-state index is 11.3. The van der Waals surface area contributed by atoms with E-state index in [-0.39, 0.29) is 6.08 Å². The number of aliphatic imine (C=N–C) groups is 1. The van der Waals surface area contributed by atoms with Crippen molar-refractivity contribution in [2.24, 2.45) is 4.99 Å². The summed E-state index contributed by atoms with van der Waals surface area (Å²) in [5, 5.41) is 0. The lowest BCUT2D eigenvalue weighted by Crippen LogP contribution is -2.20. The fourth-order valence-corrected chi connectivity index (χ4v) is 2.70. The van der Waals surface area contributed by atoms with Gasteiger partial charge in [-0.2, -0.15) is 4.99 Å². The Labute approximate surface area is 142 Å². The number of benzene rings is 2. The van der Waals surface area contributed by atoms with Crippen molar-refractivity contribution in [2.75, 3.05) is 6.61 Å². The van der Waals surface area contributed by atoms with Crippen LogP contribution in [0.4, 0.5) is 5.69 Å². The summed E-state index contributed by atoms with van der Waals surface area (Å²) < 4.78 is 11.2. The Balaban J connectivity index is 1.52. The Morgan fingerprint density at radius 1 is 1.17 bits per heavy atom. The molecule has 2 aromatic carbocycles. The third-order valence-electron chi connectivity index (χ3n) is 3.98. The van der Waals surface area contributed by atoms with E-state index >= 15 is 0 Å². The molecule has 1 atom stereocenters. The van der Waals surface area contributed by atoms with Crippen molar-refractivity contribution in [3.05, 3.63) is 65.2 Å². The van der Waals surface area contributed by atoms with Crippen molar-refractivity contribution in [1.29, 1.82) is 0 Å². The molecule has 0 bridgehead atoms. The van der Waals surface area contributed by atoms with E-state index in [1.807, 2.05) is 31.2 Å². The van der Waals surface area contributed by atoms with Crippen LogP contribution in [0.5, 0.6) is 0 Å². The van der Waals surface area contributed by atoms with Gasteiger partial charge in [0.05, 0.1) is 12.3 Å². The van der Waals surface area contributed by atoms with Gasteiger partial charge in [0.2, 0.25) is 0 Å². The standard InChI is InChI=1S/C20H21NO3/c1-15-10-11-18-17(13-15)19(14-22)24-20(21-18)23-12-6-5-9-16-7-3-2-4-8-16/h2-4,7-8,10-11,13-14,19H,5-6,9,12H2,1H3. The summed E-state index contributed by atoms with van der Waals surface area (Å²) in [6, 6.07) is 16.2. The minimum atomic E-state index is -0.642. The number of aldehydes is 1. The molecule has 0 spiro atoms. The van der Waals surface area contributed by atoms with Crippen molar-refractivity contribution in [2.45, 2.75) is 32.3 Å². The van der Waals surface area contributed by atoms with Crippen molar-refractivity contribution >= 4 is 18.1 Å². The summed E-state index contributed by atoms with van der Waals surface area (Å²) in [5.41, 5.74) is 3.93. The van der Waals surface area contributed by atoms with Crippen molar-refractivity contribution in [3.8, 4) is 0 Å². The highest BCUT2D eigenvalue weighted by molar-refractivity contribution is 5.80. The van der Waals surface area contributed by atoms with Gasteiger partial charge in [-0.05, 0) is 43.9 Å². The number of rotatable bonds is 6. The Morgan fingerprint density at radius 3 is 2.79 bits per heavy atom. The first kappa shape index (κ1) is 16.2. The smallest absolute Gasteiger partial charge is 0.389 e. The molecule has 3 rings (SSSR count). The first-order valence-corrected chi connectivity index (χ1v) is 8.24. The number of unbranched alkanes of at least 4 members (excludes halogenated alkanes) is 1. The largest absolute Gasteiger partial charge is 0.450 e. The molecule has 4 heteroatoms. The third kappa shape index (κ3) is 4.02. The number of hydrogen-bond acceptors (Lipinski definition) is 4. The molecule has 4 nitrogen and oxygen atoms in total. The highest BCUT2D eigenvalue weighted by Crippen LogP contribution is 2.32. The minimum Gasteiger partial charge on any atom is -0.450 e. The summed E-state index contributed by atoms with van der Waals surface area (Å²) in [5.74, 6) is 0. The molecule has 0 amide bonds. The molecule has 0 aromatic heterocycles. The molecule has 1 unspecified atom stereocenters. The summed E-state index contributed by atoms with van der Waals surface area (Å²) in [4.78, 5) is 15.6. The molecule has 0 fully saturated rings. The van der Waals surface area contributed by atoms with Crippen LogP contribution in [0.25, 0.3) is 0 Å². The van der Waals surface area contributed by atoms with Crippen LogP contribution in [0.2, 0.25) is 0 Å². The fourth-order valence-electron chi connectivity index (χ4n) is 2.70. The topological polar surface area (TPSA) is 47.9 Å².